The molecule has 0 atom stereocenters. The summed E-state index contributed by atoms with van der Waals surface area (Å²) in [6.07, 6.45) is 0. The number of aromatic amines is 1. The van der Waals surface area contributed by atoms with Gasteiger partial charge in [-0.1, -0.05) is 97.1 Å². The molecule has 1 heterocycles. The second kappa shape index (κ2) is 6.86. The number of hydrogen-bond donors (Lipinski definition) is 1. The highest BCUT2D eigenvalue weighted by Gasteiger charge is 2.19. The molecule has 0 saturated carbocycles. The maximum Gasteiger partial charge on any atom is 0.0542 e. The molecule has 5 rings (SSSR count). The Bertz CT molecular complexity index is 1250. The molecule has 134 valence electrons. The van der Waals surface area contributed by atoms with Crippen molar-refractivity contribution >= 4 is 10.8 Å². The highest BCUT2D eigenvalue weighted by molar-refractivity contribution is 5.97. The average molecular weight is 359 g/mol. The third-order valence-corrected chi connectivity index (χ3v) is 5.35. The quantitative estimate of drug-likeness (QED) is 0.344. The van der Waals surface area contributed by atoms with E-state index < -0.39 is 0 Å². The molecular weight excluding hydrogens is 338 g/mol. The molecule has 0 spiro atoms. The third kappa shape index (κ3) is 2.82. The molecule has 0 amide bonds. The Balaban J connectivity index is 1.80. The van der Waals surface area contributed by atoms with E-state index in [0.717, 1.165) is 0 Å². The monoisotopic (exact) mass is 359 g/mol. The van der Waals surface area contributed by atoms with Gasteiger partial charge in [0.15, 0.2) is 0 Å². The van der Waals surface area contributed by atoms with Crippen molar-refractivity contribution in [2.75, 3.05) is 0 Å². The Labute approximate surface area is 165 Å². The van der Waals surface area contributed by atoms with Crippen LogP contribution in [0.4, 0.5) is 0 Å². The number of aromatic nitrogens is 1. The van der Waals surface area contributed by atoms with Gasteiger partial charge in [0.25, 0.3) is 0 Å². The fraction of sp³-hybridized carbons (Fsp3) is 0.0370. The van der Waals surface area contributed by atoms with E-state index in [9.17, 15) is 0 Å². The number of nitrogens with one attached hydrogen (secondary N) is 1. The van der Waals surface area contributed by atoms with Crippen molar-refractivity contribution in [1.82, 2.24) is 4.98 Å². The fourth-order valence-electron chi connectivity index (χ4n) is 4.05. The van der Waals surface area contributed by atoms with Gasteiger partial charge in [0, 0.05) is 16.8 Å². The molecule has 0 unspecified atom stereocenters. The molecular formula is C27H21N. The SMILES string of the molecule is Cc1[nH]c(-c2ccc3ccccc3c2)c(-c2ccccc2)c1-c1ccccc1. The molecule has 4 aromatic carbocycles. The van der Waals surface area contributed by atoms with Crippen LogP contribution < -0.4 is 0 Å². The average Bonchev–Trinajstić information content (AvgIpc) is 3.11. The van der Waals surface area contributed by atoms with Crippen molar-refractivity contribution in [3.05, 3.63) is 109 Å². The number of fused-ring (bicyclic) bond motifs is 1. The zero-order chi connectivity index (χ0) is 18.9. The van der Waals surface area contributed by atoms with Crippen LogP contribution >= 0.6 is 0 Å². The van der Waals surface area contributed by atoms with E-state index in [2.05, 4.69) is 115 Å². The zero-order valence-corrected chi connectivity index (χ0v) is 15.8. The Hall–Kier alpha value is -3.58. The molecule has 5 aromatic rings. The van der Waals surface area contributed by atoms with Crippen molar-refractivity contribution in [3.8, 4) is 33.5 Å². The third-order valence-electron chi connectivity index (χ3n) is 5.35. The summed E-state index contributed by atoms with van der Waals surface area (Å²) in [7, 11) is 0. The normalized spacial score (nSPS) is 11.0. The molecule has 0 aliphatic carbocycles. The summed E-state index contributed by atoms with van der Waals surface area (Å²) in [4.78, 5) is 3.69. The Morgan fingerprint density at radius 2 is 1.07 bits per heavy atom. The summed E-state index contributed by atoms with van der Waals surface area (Å²) < 4.78 is 0. The lowest BCUT2D eigenvalue weighted by Crippen LogP contribution is -1.85. The Morgan fingerprint density at radius 3 is 1.75 bits per heavy atom. The van der Waals surface area contributed by atoms with Gasteiger partial charge in [-0.25, -0.2) is 0 Å². The lowest BCUT2D eigenvalue weighted by atomic mass is 9.92. The summed E-state index contributed by atoms with van der Waals surface area (Å²) in [6.45, 7) is 2.17. The lowest BCUT2D eigenvalue weighted by Gasteiger charge is -2.10. The lowest BCUT2D eigenvalue weighted by molar-refractivity contribution is 1.27. The highest BCUT2D eigenvalue weighted by Crippen LogP contribution is 2.42. The molecule has 1 nitrogen and oxygen atoms in total. The molecule has 0 aliphatic heterocycles. The van der Waals surface area contributed by atoms with Crippen LogP contribution in [0.1, 0.15) is 5.69 Å². The molecule has 0 bridgehead atoms. The topological polar surface area (TPSA) is 15.8 Å². The summed E-state index contributed by atoms with van der Waals surface area (Å²) in [6, 6.07) is 36.5. The van der Waals surface area contributed by atoms with Crippen LogP contribution in [0.3, 0.4) is 0 Å². The smallest absolute Gasteiger partial charge is 0.0542 e. The van der Waals surface area contributed by atoms with Crippen molar-refractivity contribution in [2.24, 2.45) is 0 Å². The molecule has 1 heteroatoms. The molecule has 1 aromatic heterocycles. The molecule has 1 N–H and O–H groups in total. The number of hydrogen-bond acceptors (Lipinski definition) is 0. The standard InChI is InChI=1S/C27H21N/c1-19-25(21-11-4-2-5-12-21)26(22-13-6-3-7-14-22)27(28-19)24-17-16-20-10-8-9-15-23(20)18-24/h2-18,28H,1H3. The van der Waals surface area contributed by atoms with Crippen LogP contribution in [0.5, 0.6) is 0 Å². The largest absolute Gasteiger partial charge is 0.358 e. The molecule has 28 heavy (non-hydrogen) atoms. The number of H-pyrrole nitrogens is 1. The van der Waals surface area contributed by atoms with Crippen LogP contribution in [0.2, 0.25) is 0 Å². The van der Waals surface area contributed by atoms with E-state index in [1.54, 1.807) is 0 Å². The number of benzene rings is 4. The first-order valence-electron chi connectivity index (χ1n) is 9.64. The van der Waals surface area contributed by atoms with Gasteiger partial charge >= 0.3 is 0 Å². The summed E-state index contributed by atoms with van der Waals surface area (Å²) in [5.41, 5.74) is 8.58. The van der Waals surface area contributed by atoms with Gasteiger partial charge in [-0.05, 0) is 40.5 Å². The predicted molar refractivity (Wildman–Crippen MR) is 119 cm³/mol. The first kappa shape index (κ1) is 16.6. The maximum absolute atomic E-state index is 3.69. The van der Waals surface area contributed by atoms with Crippen LogP contribution in [-0.2, 0) is 0 Å². The Morgan fingerprint density at radius 1 is 0.500 bits per heavy atom. The zero-order valence-electron chi connectivity index (χ0n) is 15.8. The second-order valence-corrected chi connectivity index (χ2v) is 7.17. The fourth-order valence-corrected chi connectivity index (χ4v) is 4.05. The Kier molecular flexibility index (Phi) is 4.06. The van der Waals surface area contributed by atoms with Crippen molar-refractivity contribution in [3.63, 3.8) is 0 Å². The van der Waals surface area contributed by atoms with Gasteiger partial charge in [0.2, 0.25) is 0 Å². The minimum absolute atomic E-state index is 1.17. The van der Waals surface area contributed by atoms with E-state index in [0.29, 0.717) is 0 Å². The van der Waals surface area contributed by atoms with Gasteiger partial charge in [0.05, 0.1) is 5.69 Å². The minimum atomic E-state index is 1.17. The minimum Gasteiger partial charge on any atom is -0.358 e. The van der Waals surface area contributed by atoms with E-state index in [4.69, 9.17) is 0 Å². The summed E-state index contributed by atoms with van der Waals surface area (Å²) >= 11 is 0. The molecule has 0 radical (unpaired) electrons. The maximum atomic E-state index is 3.69. The number of aryl methyl sites for hydroxylation is 1. The first-order valence-corrected chi connectivity index (χ1v) is 9.64. The van der Waals surface area contributed by atoms with E-state index in [1.807, 2.05) is 0 Å². The molecule has 0 aliphatic rings. The highest BCUT2D eigenvalue weighted by atomic mass is 14.7. The second-order valence-electron chi connectivity index (χ2n) is 7.17. The summed E-state index contributed by atoms with van der Waals surface area (Å²) in [5, 5.41) is 2.52. The van der Waals surface area contributed by atoms with Crippen LogP contribution in [-0.4, -0.2) is 4.98 Å². The van der Waals surface area contributed by atoms with Gasteiger partial charge in [-0.15, -0.1) is 0 Å². The van der Waals surface area contributed by atoms with Crippen LogP contribution in [0, 0.1) is 6.92 Å². The van der Waals surface area contributed by atoms with E-state index in [-0.39, 0.29) is 0 Å². The van der Waals surface area contributed by atoms with E-state index in [1.165, 1.54) is 50.0 Å². The van der Waals surface area contributed by atoms with Gasteiger partial charge < -0.3 is 4.98 Å². The summed E-state index contributed by atoms with van der Waals surface area (Å²) in [5.74, 6) is 0. The first-order chi connectivity index (χ1) is 13.8. The molecule has 0 fully saturated rings. The molecule has 0 saturated heterocycles. The van der Waals surface area contributed by atoms with Crippen LogP contribution in [0.15, 0.2) is 103 Å². The predicted octanol–water partition coefficient (Wildman–Crippen LogP) is 7.48. The van der Waals surface area contributed by atoms with Crippen molar-refractivity contribution in [2.45, 2.75) is 6.92 Å². The van der Waals surface area contributed by atoms with E-state index >= 15 is 0 Å². The van der Waals surface area contributed by atoms with Gasteiger partial charge in [-0.3, -0.25) is 0 Å². The number of rotatable bonds is 3. The van der Waals surface area contributed by atoms with Crippen molar-refractivity contribution in [1.29, 1.82) is 0 Å². The van der Waals surface area contributed by atoms with Crippen molar-refractivity contribution < 1.29 is 0 Å². The van der Waals surface area contributed by atoms with Gasteiger partial charge in [-0.2, -0.15) is 0 Å². The van der Waals surface area contributed by atoms with Gasteiger partial charge in [0.1, 0.15) is 0 Å². The van der Waals surface area contributed by atoms with Crippen LogP contribution in [0.25, 0.3) is 44.3 Å².